The number of nitrogens with one attached hydrogen (secondary N) is 1. The summed E-state index contributed by atoms with van der Waals surface area (Å²) in [6.45, 7) is 0. The van der Waals surface area contributed by atoms with Crippen LogP contribution in [0.1, 0.15) is 5.69 Å². The predicted molar refractivity (Wildman–Crippen MR) is 44.9 cm³/mol. The number of aromatic nitrogens is 1. The van der Waals surface area contributed by atoms with E-state index in [-0.39, 0.29) is 5.69 Å². The van der Waals surface area contributed by atoms with Crippen molar-refractivity contribution < 1.29 is 9.08 Å². The maximum atomic E-state index is 10.6. The lowest BCUT2D eigenvalue weighted by atomic mass is 10.3. The number of hydrogen-bond donors (Lipinski definition) is 1. The summed E-state index contributed by atoms with van der Waals surface area (Å²) in [5, 5.41) is 10.7. The second-order valence-corrected chi connectivity index (χ2v) is 2.19. The highest BCUT2D eigenvalue weighted by molar-refractivity contribution is 6.14. The molecule has 1 N–H and O–H groups in total. The van der Waals surface area contributed by atoms with E-state index in [1.165, 1.54) is 18.3 Å². The van der Waals surface area contributed by atoms with Gasteiger partial charge in [-0.1, -0.05) is 0 Å². The Hall–Kier alpha value is -1.80. The van der Waals surface area contributed by atoms with Crippen LogP contribution in [-0.2, 0) is 4.29 Å². The van der Waals surface area contributed by atoms with E-state index in [4.69, 9.17) is 17.1 Å². The third-order valence-corrected chi connectivity index (χ3v) is 1.33. The first-order chi connectivity index (χ1) is 6.26. The summed E-state index contributed by atoms with van der Waals surface area (Å²) in [5.74, 6) is 0. The molecule has 0 aliphatic rings. The van der Waals surface area contributed by atoms with Crippen molar-refractivity contribution >= 4 is 23.6 Å². The van der Waals surface area contributed by atoms with E-state index in [1.807, 2.05) is 6.07 Å². The van der Waals surface area contributed by atoms with Crippen LogP contribution in [0, 0.1) is 11.3 Å². The van der Waals surface area contributed by atoms with Gasteiger partial charge in [0.2, 0.25) is 0 Å². The van der Waals surface area contributed by atoms with E-state index in [1.54, 1.807) is 0 Å². The van der Waals surface area contributed by atoms with Crippen LogP contribution < -0.4 is 5.32 Å². The first-order valence-corrected chi connectivity index (χ1v) is 3.53. The van der Waals surface area contributed by atoms with Gasteiger partial charge >= 0.3 is 6.09 Å². The third-order valence-electron chi connectivity index (χ3n) is 1.19. The van der Waals surface area contributed by atoms with E-state index < -0.39 is 6.09 Å². The Morgan fingerprint density at radius 2 is 2.46 bits per heavy atom. The fourth-order valence-corrected chi connectivity index (χ4v) is 0.710. The topological polar surface area (TPSA) is 75.0 Å². The van der Waals surface area contributed by atoms with Gasteiger partial charge in [0.15, 0.2) is 0 Å². The minimum Gasteiger partial charge on any atom is -0.330 e. The second-order valence-electron chi connectivity index (χ2n) is 2.03. The lowest BCUT2D eigenvalue weighted by Crippen LogP contribution is -2.08. The van der Waals surface area contributed by atoms with Gasteiger partial charge in [-0.25, -0.2) is 9.78 Å². The van der Waals surface area contributed by atoms with Crippen LogP contribution in [0.4, 0.5) is 10.5 Å². The van der Waals surface area contributed by atoms with Crippen molar-refractivity contribution in [3.63, 3.8) is 0 Å². The Bertz CT molecular complexity index is 344. The molecule has 0 radical (unpaired) electrons. The van der Waals surface area contributed by atoms with Gasteiger partial charge in [0.05, 0.1) is 11.9 Å². The van der Waals surface area contributed by atoms with Gasteiger partial charge < -0.3 is 4.29 Å². The zero-order valence-electron chi connectivity index (χ0n) is 6.32. The van der Waals surface area contributed by atoms with Gasteiger partial charge in [0.1, 0.15) is 23.6 Å². The first kappa shape index (κ1) is 9.29. The molecule has 66 valence electrons. The van der Waals surface area contributed by atoms with Crippen LogP contribution in [0.5, 0.6) is 0 Å². The molecule has 0 saturated carbocycles. The largest absolute Gasteiger partial charge is 0.429 e. The smallest absolute Gasteiger partial charge is 0.330 e. The van der Waals surface area contributed by atoms with Crippen LogP contribution in [0.3, 0.4) is 0 Å². The molecule has 0 spiro atoms. The number of amides is 1. The molecule has 1 aromatic heterocycles. The van der Waals surface area contributed by atoms with E-state index in [0.29, 0.717) is 5.69 Å². The molecule has 0 aliphatic carbocycles. The molecular formula is C7H4ClN3O2. The molecular weight excluding hydrogens is 194 g/mol. The summed E-state index contributed by atoms with van der Waals surface area (Å²) in [6.07, 6.45) is 0.528. The fourth-order valence-electron chi connectivity index (χ4n) is 0.671. The Morgan fingerprint density at radius 3 is 2.92 bits per heavy atom. The summed E-state index contributed by atoms with van der Waals surface area (Å²) < 4.78 is 3.84. The molecule has 0 atom stereocenters. The number of hydrogen-bond acceptors (Lipinski definition) is 4. The molecule has 1 rings (SSSR count). The van der Waals surface area contributed by atoms with Crippen molar-refractivity contribution in [2.45, 2.75) is 0 Å². The van der Waals surface area contributed by atoms with Gasteiger partial charge in [0.25, 0.3) is 0 Å². The lowest BCUT2D eigenvalue weighted by molar-refractivity contribution is 0.219. The number of carbonyl (C=O) groups excluding carboxylic acids is 1. The highest BCUT2D eigenvalue weighted by Gasteiger charge is 2.01. The highest BCUT2D eigenvalue weighted by atomic mass is 35.5. The molecule has 0 saturated heterocycles. The Balaban J connectivity index is 2.71. The minimum atomic E-state index is -0.798. The maximum absolute atomic E-state index is 10.6. The van der Waals surface area contributed by atoms with E-state index in [0.717, 1.165) is 0 Å². The highest BCUT2D eigenvalue weighted by Crippen LogP contribution is 2.05. The standard InChI is InChI=1S/C7H4ClN3O2/c8-13-7(12)11-6-2-1-5(3-9)10-4-6/h1-2,4H,(H,11,12). The fraction of sp³-hybridized carbons (Fsp3) is 0. The van der Waals surface area contributed by atoms with Gasteiger partial charge in [-0.15, -0.1) is 0 Å². The zero-order chi connectivity index (χ0) is 9.68. The minimum absolute atomic E-state index is 0.268. The molecule has 1 heterocycles. The molecule has 5 nitrogen and oxygen atoms in total. The van der Waals surface area contributed by atoms with Gasteiger partial charge in [-0.3, -0.25) is 5.32 Å². The van der Waals surface area contributed by atoms with Crippen molar-refractivity contribution in [2.24, 2.45) is 0 Å². The van der Waals surface area contributed by atoms with Crippen molar-refractivity contribution in [1.82, 2.24) is 4.98 Å². The van der Waals surface area contributed by atoms with Gasteiger partial charge in [-0.2, -0.15) is 5.26 Å². The summed E-state index contributed by atoms with van der Waals surface area (Å²) in [5.41, 5.74) is 0.675. The summed E-state index contributed by atoms with van der Waals surface area (Å²) in [4.78, 5) is 14.3. The van der Waals surface area contributed by atoms with E-state index >= 15 is 0 Å². The average molecular weight is 198 g/mol. The molecule has 6 heteroatoms. The number of pyridine rings is 1. The normalized spacial score (nSPS) is 8.62. The molecule has 0 bridgehead atoms. The van der Waals surface area contributed by atoms with E-state index in [9.17, 15) is 4.79 Å². The molecule has 13 heavy (non-hydrogen) atoms. The summed E-state index contributed by atoms with van der Waals surface area (Å²) in [6, 6.07) is 4.82. The number of rotatable bonds is 1. The average Bonchev–Trinajstić information content (AvgIpc) is 2.19. The summed E-state index contributed by atoms with van der Waals surface area (Å²) in [7, 11) is 0. The Kier molecular flexibility index (Phi) is 3.06. The zero-order valence-corrected chi connectivity index (χ0v) is 7.08. The van der Waals surface area contributed by atoms with Crippen molar-refractivity contribution in [1.29, 1.82) is 5.26 Å². The molecule has 0 aromatic carbocycles. The Morgan fingerprint density at radius 1 is 1.69 bits per heavy atom. The van der Waals surface area contributed by atoms with Gasteiger partial charge in [0, 0.05) is 0 Å². The van der Waals surface area contributed by atoms with Crippen molar-refractivity contribution in [3.05, 3.63) is 24.0 Å². The maximum Gasteiger partial charge on any atom is 0.429 e. The predicted octanol–water partition coefficient (Wildman–Crippen LogP) is 1.66. The van der Waals surface area contributed by atoms with Crippen LogP contribution >= 0.6 is 11.9 Å². The number of carbonyl (C=O) groups is 1. The number of anilines is 1. The van der Waals surface area contributed by atoms with Crippen LogP contribution in [-0.4, -0.2) is 11.1 Å². The first-order valence-electron chi connectivity index (χ1n) is 3.22. The van der Waals surface area contributed by atoms with E-state index in [2.05, 4.69) is 14.6 Å². The quantitative estimate of drug-likeness (QED) is 0.743. The number of nitrogens with zero attached hydrogens (tertiary/aromatic N) is 2. The van der Waals surface area contributed by atoms with Crippen LogP contribution in [0.2, 0.25) is 0 Å². The van der Waals surface area contributed by atoms with Crippen molar-refractivity contribution in [3.8, 4) is 6.07 Å². The molecule has 0 fully saturated rings. The molecule has 1 amide bonds. The second kappa shape index (κ2) is 4.28. The van der Waals surface area contributed by atoms with Crippen molar-refractivity contribution in [2.75, 3.05) is 5.32 Å². The molecule has 0 aliphatic heterocycles. The van der Waals surface area contributed by atoms with Crippen LogP contribution in [0.15, 0.2) is 18.3 Å². The molecule has 1 aromatic rings. The third kappa shape index (κ3) is 2.61. The number of halogens is 1. The summed E-state index contributed by atoms with van der Waals surface area (Å²) >= 11 is 4.78. The SMILES string of the molecule is N#Cc1ccc(NC(=O)OCl)cn1. The Labute approximate surface area is 79.1 Å². The van der Waals surface area contributed by atoms with Gasteiger partial charge in [-0.05, 0) is 12.1 Å². The molecule has 0 unspecified atom stereocenters. The number of nitriles is 1. The van der Waals surface area contributed by atoms with Crippen LogP contribution in [0.25, 0.3) is 0 Å². The monoisotopic (exact) mass is 197 g/mol. The lowest BCUT2D eigenvalue weighted by Gasteiger charge is -1.99.